The van der Waals surface area contributed by atoms with Gasteiger partial charge in [-0.2, -0.15) is 4.98 Å². The van der Waals surface area contributed by atoms with Gasteiger partial charge in [0, 0.05) is 37.7 Å². The Morgan fingerprint density at radius 3 is 2.48 bits per heavy atom. The molecule has 4 rings (SSSR count). The lowest BCUT2D eigenvalue weighted by atomic mass is 9.93. The van der Waals surface area contributed by atoms with Gasteiger partial charge in [-0.25, -0.2) is 13.4 Å². The Labute approximate surface area is 194 Å². The Hall–Kier alpha value is -2.72. The zero-order valence-corrected chi connectivity index (χ0v) is 20.1. The highest BCUT2D eigenvalue weighted by molar-refractivity contribution is 7.90. The number of aliphatic hydroxyl groups is 1. The van der Waals surface area contributed by atoms with Crippen molar-refractivity contribution < 1.29 is 18.3 Å². The lowest BCUT2D eigenvalue weighted by Gasteiger charge is -2.35. The maximum atomic E-state index is 13.3. The van der Waals surface area contributed by atoms with Crippen LogP contribution in [-0.4, -0.2) is 61.4 Å². The van der Waals surface area contributed by atoms with Crippen molar-refractivity contribution in [3.05, 3.63) is 35.5 Å². The van der Waals surface area contributed by atoms with Gasteiger partial charge in [0.1, 0.15) is 5.82 Å². The molecule has 33 heavy (non-hydrogen) atoms. The van der Waals surface area contributed by atoms with Crippen LogP contribution in [0.15, 0.2) is 29.2 Å². The van der Waals surface area contributed by atoms with Gasteiger partial charge in [0.15, 0.2) is 9.84 Å². The number of aromatic nitrogens is 2. The average molecular weight is 474 g/mol. The fourth-order valence-electron chi connectivity index (χ4n) is 4.23. The van der Waals surface area contributed by atoms with Crippen LogP contribution in [-0.2, 0) is 9.84 Å². The predicted octanol–water partition coefficient (Wildman–Crippen LogP) is 2.61. The lowest BCUT2D eigenvalue weighted by molar-refractivity contribution is 0.102. The van der Waals surface area contributed by atoms with E-state index in [0.717, 1.165) is 25.9 Å². The number of piperidine rings is 1. The van der Waals surface area contributed by atoms with Crippen molar-refractivity contribution in [3.8, 4) is 0 Å². The molecule has 2 aliphatic rings. The molecule has 2 aromatic rings. The van der Waals surface area contributed by atoms with Crippen molar-refractivity contribution in [2.75, 3.05) is 41.4 Å². The highest BCUT2D eigenvalue weighted by Crippen LogP contribution is 2.54. The fraction of sp³-hybridized carbons (Fsp3) is 0.522. The minimum Gasteiger partial charge on any atom is -0.392 e. The number of nitrogens with zero attached hydrogens (tertiary/aromatic N) is 3. The number of aliphatic hydroxyl groups excluding tert-OH is 1. The second kappa shape index (κ2) is 8.90. The number of nitrogens with one attached hydrogen (secondary N) is 2. The molecular formula is C23H31N5O4S. The predicted molar refractivity (Wildman–Crippen MR) is 128 cm³/mol. The number of hydrogen-bond donors (Lipinski definition) is 3. The Kier molecular flexibility index (Phi) is 6.32. The molecule has 1 saturated heterocycles. The second-order valence-corrected chi connectivity index (χ2v) is 11.4. The zero-order valence-electron chi connectivity index (χ0n) is 19.3. The van der Waals surface area contributed by atoms with Gasteiger partial charge in [-0.1, -0.05) is 0 Å². The minimum absolute atomic E-state index is 0.197. The highest BCUT2D eigenvalue weighted by Gasteiger charge is 2.44. The summed E-state index contributed by atoms with van der Waals surface area (Å²) in [6.45, 7) is 5.32. The van der Waals surface area contributed by atoms with E-state index in [4.69, 9.17) is 0 Å². The van der Waals surface area contributed by atoms with E-state index in [2.05, 4.69) is 25.5 Å². The quantitative estimate of drug-likeness (QED) is 0.561. The number of amides is 1. The normalized spacial score (nSPS) is 18.1. The number of carbonyl (C=O) groups is 1. The number of rotatable bonds is 7. The second-order valence-electron chi connectivity index (χ2n) is 9.34. The lowest BCUT2D eigenvalue weighted by Crippen LogP contribution is -2.35. The first-order chi connectivity index (χ1) is 15.5. The molecule has 9 nitrogen and oxygen atoms in total. The van der Waals surface area contributed by atoms with Gasteiger partial charge in [-0.05, 0) is 63.1 Å². The van der Waals surface area contributed by atoms with Crippen molar-refractivity contribution in [2.24, 2.45) is 5.41 Å². The number of sulfone groups is 1. The summed E-state index contributed by atoms with van der Waals surface area (Å²) in [7, 11) is -3.41. The summed E-state index contributed by atoms with van der Waals surface area (Å²) in [4.78, 5) is 24.2. The number of hydrogen-bond acceptors (Lipinski definition) is 8. The van der Waals surface area contributed by atoms with Crippen LogP contribution in [0.5, 0.6) is 0 Å². The molecule has 1 aromatic heterocycles. The molecule has 0 unspecified atom stereocenters. The van der Waals surface area contributed by atoms with Gasteiger partial charge in [0.05, 0.1) is 22.3 Å². The van der Waals surface area contributed by atoms with E-state index >= 15 is 0 Å². The van der Waals surface area contributed by atoms with E-state index < -0.39 is 15.9 Å². The van der Waals surface area contributed by atoms with Gasteiger partial charge in [-0.3, -0.25) is 4.79 Å². The number of aryl methyl sites for hydroxylation is 1. The van der Waals surface area contributed by atoms with Crippen LogP contribution in [0.25, 0.3) is 0 Å². The van der Waals surface area contributed by atoms with E-state index in [1.54, 1.807) is 32.0 Å². The Morgan fingerprint density at radius 1 is 1.18 bits per heavy atom. The maximum Gasteiger partial charge on any atom is 0.258 e. The maximum absolute atomic E-state index is 13.3. The third kappa shape index (κ3) is 5.62. The summed E-state index contributed by atoms with van der Waals surface area (Å²) in [5.41, 5.74) is 2.15. The average Bonchev–Trinajstić information content (AvgIpc) is 3.50. The Balaban J connectivity index is 1.60. The number of carbonyl (C=O) groups excluding carboxylic acids is 1. The van der Waals surface area contributed by atoms with E-state index in [9.17, 15) is 18.3 Å². The largest absolute Gasteiger partial charge is 0.392 e. The fourth-order valence-corrected chi connectivity index (χ4v) is 4.87. The smallest absolute Gasteiger partial charge is 0.258 e. The number of benzene rings is 1. The first kappa shape index (κ1) is 23.4. The Bertz CT molecular complexity index is 1150. The van der Waals surface area contributed by atoms with Crippen molar-refractivity contribution in [1.82, 2.24) is 9.97 Å². The van der Waals surface area contributed by atoms with E-state index in [1.165, 1.54) is 25.2 Å². The highest BCUT2D eigenvalue weighted by atomic mass is 32.2. The summed E-state index contributed by atoms with van der Waals surface area (Å²) in [6.07, 6.45) is 5.24. The summed E-state index contributed by atoms with van der Waals surface area (Å²) < 4.78 is 24.4. The Morgan fingerprint density at radius 2 is 1.88 bits per heavy atom. The third-order valence-corrected chi connectivity index (χ3v) is 7.53. The third-order valence-electron chi connectivity index (χ3n) is 6.42. The van der Waals surface area contributed by atoms with Crippen LogP contribution < -0.4 is 15.5 Å². The van der Waals surface area contributed by atoms with Crippen LogP contribution in [0.2, 0.25) is 0 Å². The standard InChI is InChI=1S/C23H31N5O4S/c1-15-12-20(27-22(25-15)24-14-16(2)29)26-21(30)18-5-4-17(33(3,31)32)13-19(18)28-10-8-23(6-7-23)9-11-28/h4-5,12-13,16,29H,6-11,14H2,1-3H3,(H2,24,25,26,27,30)/t16-/m1/s1. The van der Waals surface area contributed by atoms with Crippen LogP contribution in [0.3, 0.4) is 0 Å². The van der Waals surface area contributed by atoms with Gasteiger partial charge >= 0.3 is 0 Å². The van der Waals surface area contributed by atoms with Crippen LogP contribution >= 0.6 is 0 Å². The molecule has 1 saturated carbocycles. The molecule has 1 atom stereocenters. The topological polar surface area (TPSA) is 125 Å². The molecule has 1 aliphatic heterocycles. The molecule has 10 heteroatoms. The van der Waals surface area contributed by atoms with Crippen LogP contribution in [0, 0.1) is 12.3 Å². The van der Waals surface area contributed by atoms with Gasteiger partial charge in [0.25, 0.3) is 5.91 Å². The summed E-state index contributed by atoms with van der Waals surface area (Å²) >= 11 is 0. The monoisotopic (exact) mass is 473 g/mol. The van der Waals surface area contributed by atoms with Gasteiger partial charge in [0.2, 0.25) is 5.95 Å². The SMILES string of the molecule is Cc1cc(NC(=O)c2ccc(S(C)(=O)=O)cc2N2CCC3(CC2)CC3)nc(NC[C@@H](C)O)n1. The molecule has 1 aromatic carbocycles. The van der Waals surface area contributed by atoms with Crippen molar-refractivity contribution in [1.29, 1.82) is 0 Å². The van der Waals surface area contributed by atoms with Crippen molar-refractivity contribution in [2.45, 2.75) is 50.5 Å². The molecule has 2 heterocycles. The van der Waals surface area contributed by atoms with Crippen LogP contribution in [0.1, 0.15) is 48.7 Å². The summed E-state index contributed by atoms with van der Waals surface area (Å²) in [6, 6.07) is 6.31. The first-order valence-electron chi connectivity index (χ1n) is 11.2. The molecule has 0 bridgehead atoms. The van der Waals surface area contributed by atoms with Crippen LogP contribution in [0.4, 0.5) is 17.5 Å². The van der Waals surface area contributed by atoms with E-state index in [0.29, 0.717) is 34.1 Å². The molecule has 1 aliphatic carbocycles. The molecular weight excluding hydrogens is 442 g/mol. The van der Waals surface area contributed by atoms with Gasteiger partial charge < -0.3 is 20.6 Å². The first-order valence-corrected chi connectivity index (χ1v) is 13.1. The molecule has 1 amide bonds. The molecule has 1 spiro atoms. The van der Waals surface area contributed by atoms with Gasteiger partial charge in [-0.15, -0.1) is 0 Å². The van der Waals surface area contributed by atoms with E-state index in [1.807, 2.05) is 0 Å². The van der Waals surface area contributed by atoms with E-state index in [-0.39, 0.29) is 17.3 Å². The summed E-state index contributed by atoms with van der Waals surface area (Å²) in [5.74, 6) is 0.273. The molecule has 2 fully saturated rings. The molecule has 0 radical (unpaired) electrons. The zero-order chi connectivity index (χ0) is 23.8. The molecule has 178 valence electrons. The minimum atomic E-state index is -3.41. The number of anilines is 3. The van der Waals surface area contributed by atoms with Crippen molar-refractivity contribution >= 4 is 33.2 Å². The molecule has 3 N–H and O–H groups in total. The van der Waals surface area contributed by atoms with Crippen molar-refractivity contribution in [3.63, 3.8) is 0 Å². The summed E-state index contributed by atoms with van der Waals surface area (Å²) in [5, 5.41) is 15.2.